The van der Waals surface area contributed by atoms with Crippen molar-refractivity contribution in [1.29, 1.82) is 0 Å². The zero-order valence-corrected chi connectivity index (χ0v) is 17.4. The highest BCUT2D eigenvalue weighted by molar-refractivity contribution is 7.98. The van der Waals surface area contributed by atoms with Gasteiger partial charge < -0.3 is 0 Å². The first kappa shape index (κ1) is 18.7. The maximum atomic E-state index is 13.4. The first-order chi connectivity index (χ1) is 13.6. The van der Waals surface area contributed by atoms with Gasteiger partial charge in [-0.15, -0.1) is 11.8 Å². The number of nitrogens with zero attached hydrogens (tertiary/aromatic N) is 2. The number of aromatic nitrogens is 1. The van der Waals surface area contributed by atoms with Gasteiger partial charge in [0.05, 0.1) is 16.8 Å². The Morgan fingerprint density at radius 2 is 1.86 bits per heavy atom. The van der Waals surface area contributed by atoms with Crippen molar-refractivity contribution in [3.05, 3.63) is 89.5 Å². The van der Waals surface area contributed by atoms with Crippen LogP contribution in [-0.4, -0.2) is 17.1 Å². The fraction of sp³-hybridized carbons (Fsp3) is 0.130. The van der Waals surface area contributed by atoms with Crippen LogP contribution < -0.4 is 4.90 Å². The lowest BCUT2D eigenvalue weighted by molar-refractivity contribution is 0.0985. The van der Waals surface area contributed by atoms with Crippen LogP contribution in [0, 0.1) is 6.92 Å². The highest BCUT2D eigenvalue weighted by Crippen LogP contribution is 2.31. The van der Waals surface area contributed by atoms with Crippen molar-refractivity contribution in [3.63, 3.8) is 0 Å². The lowest BCUT2D eigenvalue weighted by atomic mass is 10.1. The van der Waals surface area contributed by atoms with Crippen LogP contribution in [0.15, 0.2) is 77.7 Å². The van der Waals surface area contributed by atoms with Crippen molar-refractivity contribution in [2.24, 2.45) is 0 Å². The summed E-state index contributed by atoms with van der Waals surface area (Å²) in [6, 6.07) is 24.0. The third-order valence-electron chi connectivity index (χ3n) is 4.51. The van der Waals surface area contributed by atoms with Crippen LogP contribution in [0.5, 0.6) is 0 Å². The Hall–Kier alpha value is -2.63. The van der Waals surface area contributed by atoms with Crippen LogP contribution in [0.1, 0.15) is 21.5 Å². The highest BCUT2D eigenvalue weighted by Gasteiger charge is 2.22. The van der Waals surface area contributed by atoms with Crippen molar-refractivity contribution in [3.8, 4) is 0 Å². The van der Waals surface area contributed by atoms with Crippen molar-refractivity contribution in [1.82, 2.24) is 4.98 Å². The quantitative estimate of drug-likeness (QED) is 0.373. The number of anilines is 1. The Balaban J connectivity index is 1.77. The molecule has 140 valence electrons. The van der Waals surface area contributed by atoms with Gasteiger partial charge >= 0.3 is 0 Å². The van der Waals surface area contributed by atoms with Gasteiger partial charge in [0.1, 0.15) is 0 Å². The summed E-state index contributed by atoms with van der Waals surface area (Å²) in [6.45, 7) is 2.56. The third-order valence-corrected chi connectivity index (χ3v) is 6.28. The van der Waals surface area contributed by atoms with Crippen molar-refractivity contribution in [2.75, 3.05) is 11.2 Å². The molecule has 0 saturated carbocycles. The molecule has 1 aromatic heterocycles. The number of carbonyl (C=O) groups is 1. The number of thioether (sulfide) groups is 1. The van der Waals surface area contributed by atoms with Crippen molar-refractivity contribution < 1.29 is 4.79 Å². The summed E-state index contributed by atoms with van der Waals surface area (Å²) >= 11 is 3.19. The van der Waals surface area contributed by atoms with Gasteiger partial charge in [0.2, 0.25) is 0 Å². The van der Waals surface area contributed by atoms with E-state index < -0.39 is 0 Å². The standard InChI is InChI=1S/C23H20N2OS2/c1-16-11-12-20-21(13-16)28-23(24-20)25(15-17-7-4-3-5-8-17)22(26)18-9-6-10-19(14-18)27-2/h3-14H,15H2,1-2H3. The van der Waals surface area contributed by atoms with Crippen LogP contribution in [0.3, 0.4) is 0 Å². The maximum absolute atomic E-state index is 13.4. The molecule has 0 aliphatic rings. The van der Waals surface area contributed by atoms with Gasteiger partial charge in [-0.05, 0) is 54.6 Å². The summed E-state index contributed by atoms with van der Waals surface area (Å²) in [7, 11) is 0. The van der Waals surface area contributed by atoms with Crippen LogP contribution in [-0.2, 0) is 6.54 Å². The van der Waals surface area contributed by atoms with E-state index in [0.29, 0.717) is 12.1 Å². The third kappa shape index (κ3) is 3.96. The smallest absolute Gasteiger partial charge is 0.260 e. The van der Waals surface area contributed by atoms with Gasteiger partial charge in [-0.2, -0.15) is 0 Å². The molecule has 0 aliphatic carbocycles. The molecule has 0 N–H and O–H groups in total. The lowest BCUT2D eigenvalue weighted by Gasteiger charge is -2.20. The number of amides is 1. The number of carbonyl (C=O) groups excluding carboxylic acids is 1. The molecule has 4 rings (SSSR count). The molecule has 0 radical (unpaired) electrons. The average Bonchev–Trinajstić information content (AvgIpc) is 3.15. The first-order valence-electron chi connectivity index (χ1n) is 9.01. The Kier molecular flexibility index (Phi) is 5.46. The van der Waals surface area contributed by atoms with Crippen LogP contribution in [0.2, 0.25) is 0 Å². The number of aryl methyl sites for hydroxylation is 1. The minimum atomic E-state index is -0.0319. The molecule has 0 aliphatic heterocycles. The minimum Gasteiger partial charge on any atom is -0.279 e. The largest absolute Gasteiger partial charge is 0.279 e. The van der Waals surface area contributed by atoms with Gasteiger partial charge in [-0.25, -0.2) is 4.98 Å². The number of rotatable bonds is 5. The molecule has 4 aromatic rings. The number of thiazole rings is 1. The van der Waals surface area contributed by atoms with E-state index in [-0.39, 0.29) is 5.91 Å². The van der Waals surface area contributed by atoms with E-state index in [0.717, 1.165) is 25.8 Å². The van der Waals surface area contributed by atoms with E-state index in [2.05, 4.69) is 19.1 Å². The Bertz CT molecular complexity index is 1120. The number of hydrogen-bond acceptors (Lipinski definition) is 4. The fourth-order valence-electron chi connectivity index (χ4n) is 3.04. The summed E-state index contributed by atoms with van der Waals surface area (Å²) in [4.78, 5) is 21.1. The summed E-state index contributed by atoms with van der Waals surface area (Å²) in [5.74, 6) is -0.0319. The predicted octanol–water partition coefficient (Wildman–Crippen LogP) is 6.17. The molecule has 0 unspecified atom stereocenters. The van der Waals surface area contributed by atoms with Crippen molar-refractivity contribution >= 4 is 44.4 Å². The summed E-state index contributed by atoms with van der Waals surface area (Å²) < 4.78 is 1.10. The summed E-state index contributed by atoms with van der Waals surface area (Å²) in [5.41, 5.74) is 3.87. The second-order valence-corrected chi connectivity index (χ2v) is 8.47. The lowest BCUT2D eigenvalue weighted by Crippen LogP contribution is -2.30. The van der Waals surface area contributed by atoms with Crippen LogP contribution in [0.4, 0.5) is 5.13 Å². The van der Waals surface area contributed by atoms with E-state index in [4.69, 9.17) is 4.98 Å². The second kappa shape index (κ2) is 8.17. The van der Waals surface area contributed by atoms with E-state index in [1.165, 1.54) is 5.56 Å². The Labute approximate surface area is 173 Å². The molecule has 28 heavy (non-hydrogen) atoms. The molecule has 5 heteroatoms. The maximum Gasteiger partial charge on any atom is 0.260 e. The van der Waals surface area contributed by atoms with Crippen LogP contribution in [0.25, 0.3) is 10.2 Å². The molecule has 3 aromatic carbocycles. The van der Waals surface area contributed by atoms with E-state index in [1.54, 1.807) is 28.0 Å². The zero-order chi connectivity index (χ0) is 19.5. The molecule has 0 bridgehead atoms. The Morgan fingerprint density at radius 1 is 1.04 bits per heavy atom. The minimum absolute atomic E-state index is 0.0319. The van der Waals surface area contributed by atoms with Gasteiger partial charge in [-0.3, -0.25) is 9.69 Å². The second-order valence-electron chi connectivity index (χ2n) is 6.58. The molecule has 1 amide bonds. The SMILES string of the molecule is CSc1cccc(C(=O)N(Cc2ccccc2)c2nc3ccc(C)cc3s2)c1. The molecule has 0 atom stereocenters. The topological polar surface area (TPSA) is 33.2 Å². The number of hydrogen-bond donors (Lipinski definition) is 0. The molecule has 1 heterocycles. The van der Waals surface area contributed by atoms with Crippen LogP contribution >= 0.6 is 23.1 Å². The highest BCUT2D eigenvalue weighted by atomic mass is 32.2. The first-order valence-corrected chi connectivity index (χ1v) is 11.1. The molecular formula is C23H20N2OS2. The summed E-state index contributed by atoms with van der Waals surface area (Å²) in [5, 5.41) is 0.726. The fourth-order valence-corrected chi connectivity index (χ4v) is 4.56. The van der Waals surface area contributed by atoms with Gasteiger partial charge in [0, 0.05) is 10.5 Å². The van der Waals surface area contributed by atoms with Gasteiger partial charge in [0.15, 0.2) is 5.13 Å². The molecule has 0 fully saturated rings. The van der Waals surface area contributed by atoms with E-state index in [9.17, 15) is 4.79 Å². The number of fused-ring (bicyclic) bond motifs is 1. The Morgan fingerprint density at radius 3 is 2.64 bits per heavy atom. The molecule has 0 spiro atoms. The van der Waals surface area contributed by atoms with Gasteiger partial charge in [-0.1, -0.05) is 53.8 Å². The molecule has 0 saturated heterocycles. The molecular weight excluding hydrogens is 384 g/mol. The number of benzene rings is 3. The average molecular weight is 405 g/mol. The van der Waals surface area contributed by atoms with Crippen molar-refractivity contribution in [2.45, 2.75) is 18.4 Å². The van der Waals surface area contributed by atoms with Gasteiger partial charge in [0.25, 0.3) is 5.91 Å². The van der Waals surface area contributed by atoms with E-state index in [1.807, 2.05) is 66.9 Å². The molecule has 3 nitrogen and oxygen atoms in total. The zero-order valence-electron chi connectivity index (χ0n) is 15.8. The monoisotopic (exact) mass is 404 g/mol. The predicted molar refractivity (Wildman–Crippen MR) is 120 cm³/mol. The normalized spacial score (nSPS) is 10.9. The summed E-state index contributed by atoms with van der Waals surface area (Å²) in [6.07, 6.45) is 2.02. The van der Waals surface area contributed by atoms with E-state index >= 15 is 0 Å².